The van der Waals surface area contributed by atoms with Gasteiger partial charge in [0.2, 0.25) is 6.80 Å². The molecule has 5 rings (SSSR count). The smallest absolute Gasteiger partial charge is 0.222 e. The first kappa shape index (κ1) is 14.8. The maximum atomic E-state index is 13.7. The van der Waals surface area contributed by atoms with Gasteiger partial charge in [0.25, 0.3) is 0 Å². The molecule has 3 fully saturated rings. The summed E-state index contributed by atoms with van der Waals surface area (Å²) in [5.41, 5.74) is -0.952. The van der Waals surface area contributed by atoms with Crippen LogP contribution in [-0.4, -0.2) is 36.0 Å². The van der Waals surface area contributed by atoms with Crippen molar-refractivity contribution in [3.05, 3.63) is 44.8 Å². The molecule has 0 saturated carbocycles. The highest BCUT2D eigenvalue weighted by Crippen LogP contribution is 2.51. The molecule has 0 spiro atoms. The number of halogens is 1. The van der Waals surface area contributed by atoms with Crippen LogP contribution in [0.2, 0.25) is 0 Å². The first-order chi connectivity index (χ1) is 10.7. The molecule has 1 atom stereocenters. The number of alkyl halides is 1. The molecular formula is C17H21FNOS2+. The van der Waals surface area contributed by atoms with E-state index in [0.29, 0.717) is 10.4 Å². The zero-order valence-electron chi connectivity index (χ0n) is 12.5. The molecule has 118 valence electrons. The summed E-state index contributed by atoms with van der Waals surface area (Å²) in [7, 11) is 0. The molecule has 22 heavy (non-hydrogen) atoms. The van der Waals surface area contributed by atoms with Gasteiger partial charge in [0.05, 0.1) is 25.6 Å². The molecule has 3 aliphatic heterocycles. The van der Waals surface area contributed by atoms with Crippen molar-refractivity contribution in [3.8, 4) is 0 Å². The Labute approximate surface area is 138 Å². The lowest BCUT2D eigenvalue weighted by molar-refractivity contribution is -0.958. The molecular weight excluding hydrogens is 317 g/mol. The number of hydrogen-bond donors (Lipinski definition) is 1. The number of fused-ring (bicyclic) bond motifs is 3. The SMILES string of the molecule is OC(c1cccs1)(c1cccs1)[C@@H]1C[N+]2(CF)CCC1CC2. The Bertz CT molecular complexity index is 583. The fraction of sp³-hybridized carbons (Fsp3) is 0.529. The van der Waals surface area contributed by atoms with Crippen molar-refractivity contribution in [2.75, 3.05) is 26.4 Å². The number of thiophene rings is 2. The molecule has 0 aromatic carbocycles. The van der Waals surface area contributed by atoms with Crippen LogP contribution in [0.4, 0.5) is 4.39 Å². The third-order valence-corrected chi connectivity index (χ3v) is 7.67. The van der Waals surface area contributed by atoms with Crippen LogP contribution in [0.25, 0.3) is 0 Å². The van der Waals surface area contributed by atoms with E-state index in [-0.39, 0.29) is 12.7 Å². The minimum atomic E-state index is -0.952. The Kier molecular flexibility index (Phi) is 3.64. The Balaban J connectivity index is 1.79. The Morgan fingerprint density at radius 2 is 1.73 bits per heavy atom. The van der Waals surface area contributed by atoms with E-state index in [2.05, 4.69) is 0 Å². The van der Waals surface area contributed by atoms with Crippen LogP contribution in [0.5, 0.6) is 0 Å². The van der Waals surface area contributed by atoms with E-state index < -0.39 is 5.60 Å². The van der Waals surface area contributed by atoms with Crippen LogP contribution in [0, 0.1) is 11.8 Å². The second kappa shape index (κ2) is 5.41. The van der Waals surface area contributed by atoms with Crippen LogP contribution in [0.15, 0.2) is 35.0 Å². The Morgan fingerprint density at radius 1 is 1.14 bits per heavy atom. The average Bonchev–Trinajstić information content (AvgIpc) is 3.29. The predicted molar refractivity (Wildman–Crippen MR) is 88.7 cm³/mol. The van der Waals surface area contributed by atoms with Gasteiger partial charge in [-0.15, -0.1) is 22.7 Å². The molecule has 0 amide bonds. The van der Waals surface area contributed by atoms with E-state index in [4.69, 9.17) is 0 Å². The topological polar surface area (TPSA) is 20.2 Å². The van der Waals surface area contributed by atoms with Crippen molar-refractivity contribution in [2.24, 2.45) is 11.8 Å². The van der Waals surface area contributed by atoms with Gasteiger partial charge in [-0.25, -0.2) is 0 Å². The normalized spacial score (nSPS) is 31.5. The summed E-state index contributed by atoms with van der Waals surface area (Å²) in [6.07, 6.45) is 2.07. The number of piperidine rings is 3. The monoisotopic (exact) mass is 338 g/mol. The fourth-order valence-corrected chi connectivity index (χ4v) is 6.27. The molecule has 3 aliphatic rings. The molecule has 1 N–H and O–H groups in total. The maximum Gasteiger partial charge on any atom is 0.222 e. The van der Waals surface area contributed by atoms with Crippen LogP contribution < -0.4 is 0 Å². The lowest BCUT2D eigenvalue weighted by atomic mass is 9.68. The number of quaternary nitrogens is 1. The molecule has 2 nitrogen and oxygen atoms in total. The average molecular weight is 338 g/mol. The fourth-order valence-electron chi connectivity index (χ4n) is 4.41. The maximum absolute atomic E-state index is 13.7. The van der Waals surface area contributed by atoms with Crippen LogP contribution in [-0.2, 0) is 5.60 Å². The third-order valence-electron chi connectivity index (χ3n) is 5.69. The van der Waals surface area contributed by atoms with Gasteiger partial charge in [-0.2, -0.15) is 4.39 Å². The third kappa shape index (κ3) is 2.10. The van der Waals surface area contributed by atoms with Gasteiger partial charge in [0.1, 0.15) is 5.60 Å². The zero-order chi connectivity index (χ0) is 15.2. The van der Waals surface area contributed by atoms with Gasteiger partial charge in [-0.3, -0.25) is 4.48 Å². The summed E-state index contributed by atoms with van der Waals surface area (Å²) in [5, 5.41) is 15.8. The van der Waals surface area contributed by atoms with Crippen LogP contribution in [0.1, 0.15) is 22.6 Å². The molecule has 3 saturated heterocycles. The summed E-state index contributed by atoms with van der Waals surface area (Å²) in [6, 6.07) is 8.06. The molecule has 5 heteroatoms. The van der Waals surface area contributed by atoms with Crippen molar-refractivity contribution >= 4 is 22.7 Å². The molecule has 2 aromatic rings. The van der Waals surface area contributed by atoms with E-state index in [1.165, 1.54) is 0 Å². The van der Waals surface area contributed by atoms with E-state index in [0.717, 1.165) is 42.2 Å². The van der Waals surface area contributed by atoms with E-state index in [1.54, 1.807) is 22.7 Å². The van der Waals surface area contributed by atoms with Crippen molar-refractivity contribution in [1.29, 1.82) is 0 Å². The molecule has 2 aromatic heterocycles. The lowest BCUT2D eigenvalue weighted by Crippen LogP contribution is -2.65. The Morgan fingerprint density at radius 3 is 2.18 bits per heavy atom. The minimum Gasteiger partial charge on any atom is -0.378 e. The summed E-state index contributed by atoms with van der Waals surface area (Å²) in [5.74, 6) is 0.615. The van der Waals surface area contributed by atoms with Crippen LogP contribution >= 0.6 is 22.7 Å². The van der Waals surface area contributed by atoms with E-state index in [1.807, 2.05) is 35.0 Å². The number of aliphatic hydroxyl groups is 1. The second-order valence-corrected chi connectivity index (χ2v) is 8.65. The quantitative estimate of drug-likeness (QED) is 0.663. The minimum absolute atomic E-state index is 0.114. The van der Waals surface area contributed by atoms with Gasteiger partial charge in [0.15, 0.2) is 0 Å². The van der Waals surface area contributed by atoms with Gasteiger partial charge in [-0.1, -0.05) is 12.1 Å². The number of rotatable bonds is 4. The summed E-state index contributed by atoms with van der Waals surface area (Å²) in [6.45, 7) is 2.33. The highest BCUT2D eigenvalue weighted by Gasteiger charge is 2.55. The van der Waals surface area contributed by atoms with Gasteiger partial charge in [0, 0.05) is 22.6 Å². The van der Waals surface area contributed by atoms with Crippen molar-refractivity contribution < 1.29 is 14.0 Å². The van der Waals surface area contributed by atoms with Crippen molar-refractivity contribution in [2.45, 2.75) is 18.4 Å². The van der Waals surface area contributed by atoms with Crippen LogP contribution in [0.3, 0.4) is 0 Å². The Hall–Kier alpha value is -0.750. The predicted octanol–water partition coefficient (Wildman–Crippen LogP) is 3.83. The largest absolute Gasteiger partial charge is 0.378 e. The first-order valence-electron chi connectivity index (χ1n) is 7.89. The number of hydrogen-bond acceptors (Lipinski definition) is 3. The second-order valence-electron chi connectivity index (χ2n) is 6.76. The van der Waals surface area contributed by atoms with Gasteiger partial charge in [-0.05, 0) is 28.8 Å². The highest BCUT2D eigenvalue weighted by atomic mass is 32.1. The van der Waals surface area contributed by atoms with Gasteiger partial charge < -0.3 is 5.11 Å². The first-order valence-corrected chi connectivity index (χ1v) is 9.65. The summed E-state index contributed by atoms with van der Waals surface area (Å²) in [4.78, 5) is 2.01. The number of nitrogens with zero attached hydrogens (tertiary/aromatic N) is 1. The molecule has 0 aliphatic carbocycles. The highest BCUT2D eigenvalue weighted by molar-refractivity contribution is 7.11. The molecule has 5 heterocycles. The van der Waals surface area contributed by atoms with Gasteiger partial charge >= 0.3 is 0 Å². The van der Waals surface area contributed by atoms with Crippen molar-refractivity contribution in [1.82, 2.24) is 0 Å². The summed E-state index contributed by atoms with van der Waals surface area (Å²) >= 11 is 3.22. The summed E-state index contributed by atoms with van der Waals surface area (Å²) < 4.78 is 14.2. The van der Waals surface area contributed by atoms with E-state index >= 15 is 0 Å². The van der Waals surface area contributed by atoms with Crippen molar-refractivity contribution in [3.63, 3.8) is 0 Å². The lowest BCUT2D eigenvalue weighted by Gasteiger charge is -2.54. The standard InChI is InChI=1S/C17H21FNOS2/c18-12-19-7-5-13(6-8-19)14(11-19)17(20,15-3-1-9-21-15)16-4-2-10-22-16/h1-4,9-10,13-14,20H,5-8,11-12H2/q+1/t13?,14-,19?/m1/s1. The molecule has 0 unspecified atom stereocenters. The molecule has 0 radical (unpaired) electrons. The van der Waals surface area contributed by atoms with E-state index in [9.17, 15) is 9.50 Å². The zero-order valence-corrected chi connectivity index (χ0v) is 14.1. The molecule has 2 bridgehead atoms.